The lowest BCUT2D eigenvalue weighted by Crippen LogP contribution is -2.47. The summed E-state index contributed by atoms with van der Waals surface area (Å²) in [7, 11) is 0. The van der Waals surface area contributed by atoms with Gasteiger partial charge in [-0.3, -0.25) is 14.5 Å². The molecular weight excluding hydrogens is 216 g/mol. The highest BCUT2D eigenvalue weighted by molar-refractivity contribution is 6.12. The molecule has 2 aliphatic heterocycles. The van der Waals surface area contributed by atoms with Crippen LogP contribution in [-0.4, -0.2) is 34.3 Å². The molecule has 0 aliphatic carbocycles. The zero-order valence-electron chi connectivity index (χ0n) is 10.9. The van der Waals surface area contributed by atoms with Crippen LogP contribution in [0.4, 0.5) is 0 Å². The molecule has 0 aromatic heterocycles. The Labute approximate surface area is 102 Å². The monoisotopic (exact) mass is 236 g/mol. The molecule has 2 heterocycles. The van der Waals surface area contributed by atoms with E-state index in [1.807, 2.05) is 0 Å². The van der Waals surface area contributed by atoms with Crippen molar-refractivity contribution in [2.45, 2.75) is 45.2 Å². The smallest absolute Gasteiger partial charge is 0.253 e. The Morgan fingerprint density at radius 2 is 1.76 bits per heavy atom. The van der Waals surface area contributed by atoms with Crippen LogP contribution in [0.2, 0.25) is 0 Å². The van der Waals surface area contributed by atoms with Crippen molar-refractivity contribution in [2.75, 3.05) is 6.54 Å². The first-order valence-electron chi connectivity index (χ1n) is 6.04. The number of hydrogen-bond acceptors (Lipinski definition) is 3. The highest BCUT2D eigenvalue weighted by Crippen LogP contribution is 2.36. The van der Waals surface area contributed by atoms with Crippen LogP contribution < -0.4 is 5.32 Å². The van der Waals surface area contributed by atoms with E-state index < -0.39 is 0 Å². The van der Waals surface area contributed by atoms with E-state index in [0.717, 1.165) is 6.42 Å². The summed E-state index contributed by atoms with van der Waals surface area (Å²) < 4.78 is 0. The van der Waals surface area contributed by atoms with Gasteiger partial charge in [0.25, 0.3) is 11.8 Å². The zero-order valence-corrected chi connectivity index (χ0v) is 10.9. The largest absolute Gasteiger partial charge is 0.307 e. The number of hydrogen-bond donors (Lipinski definition) is 1. The summed E-state index contributed by atoms with van der Waals surface area (Å²) in [6, 6.07) is 0. The van der Waals surface area contributed by atoms with E-state index in [9.17, 15) is 9.59 Å². The minimum atomic E-state index is -0.185. The molecule has 0 saturated carbocycles. The van der Waals surface area contributed by atoms with Crippen LogP contribution in [0.5, 0.6) is 0 Å². The normalized spacial score (nSPS) is 30.4. The molecule has 1 atom stereocenters. The van der Waals surface area contributed by atoms with Crippen LogP contribution >= 0.6 is 0 Å². The predicted molar refractivity (Wildman–Crippen MR) is 65.3 cm³/mol. The maximum Gasteiger partial charge on any atom is 0.253 e. The van der Waals surface area contributed by atoms with Crippen molar-refractivity contribution in [3.05, 3.63) is 12.2 Å². The van der Waals surface area contributed by atoms with Crippen molar-refractivity contribution in [3.8, 4) is 0 Å². The third kappa shape index (κ3) is 2.27. The molecule has 1 saturated heterocycles. The van der Waals surface area contributed by atoms with E-state index in [4.69, 9.17) is 0 Å². The Bertz CT molecular complexity index is 378. The average molecular weight is 236 g/mol. The van der Waals surface area contributed by atoms with Gasteiger partial charge in [0, 0.05) is 29.8 Å². The maximum atomic E-state index is 11.5. The SMILES string of the molecule is CC1(C)CC(CN2C(=O)C=CC2=O)C(C)(C)N1. The highest BCUT2D eigenvalue weighted by Gasteiger charge is 2.45. The Kier molecular flexibility index (Phi) is 2.65. The molecule has 0 spiro atoms. The van der Waals surface area contributed by atoms with Crippen LogP contribution in [-0.2, 0) is 9.59 Å². The minimum Gasteiger partial charge on any atom is -0.307 e. The summed E-state index contributed by atoms with van der Waals surface area (Å²) in [6.45, 7) is 9.07. The standard InChI is InChI=1S/C13H20N2O2/c1-12(2)7-9(13(3,4)14-12)8-15-10(16)5-6-11(15)17/h5-6,9,14H,7-8H2,1-4H3. The number of nitrogens with zero attached hydrogens (tertiary/aromatic N) is 1. The van der Waals surface area contributed by atoms with Crippen molar-refractivity contribution < 1.29 is 9.59 Å². The third-order valence-electron chi connectivity index (χ3n) is 3.74. The van der Waals surface area contributed by atoms with Crippen LogP contribution in [0, 0.1) is 5.92 Å². The van der Waals surface area contributed by atoms with E-state index in [-0.39, 0.29) is 22.9 Å². The Morgan fingerprint density at radius 1 is 1.24 bits per heavy atom. The van der Waals surface area contributed by atoms with Gasteiger partial charge in [-0.25, -0.2) is 0 Å². The number of amides is 2. The lowest BCUT2D eigenvalue weighted by atomic mass is 9.86. The molecule has 1 N–H and O–H groups in total. The number of nitrogens with one attached hydrogen (secondary N) is 1. The molecule has 94 valence electrons. The number of imide groups is 1. The topological polar surface area (TPSA) is 49.4 Å². The predicted octanol–water partition coefficient (Wildman–Crippen LogP) is 1.08. The lowest BCUT2D eigenvalue weighted by molar-refractivity contribution is -0.137. The molecule has 0 bridgehead atoms. The van der Waals surface area contributed by atoms with Gasteiger partial charge in [0.1, 0.15) is 0 Å². The molecule has 4 nitrogen and oxygen atoms in total. The van der Waals surface area contributed by atoms with Crippen LogP contribution in [0.1, 0.15) is 34.1 Å². The van der Waals surface area contributed by atoms with Crippen LogP contribution in [0.3, 0.4) is 0 Å². The molecule has 1 unspecified atom stereocenters. The molecular formula is C13H20N2O2. The molecule has 2 rings (SSSR count). The molecule has 2 aliphatic rings. The maximum absolute atomic E-state index is 11.5. The molecule has 1 fully saturated rings. The van der Waals surface area contributed by atoms with Crippen molar-refractivity contribution in [1.29, 1.82) is 0 Å². The minimum absolute atomic E-state index is 0.0490. The Hall–Kier alpha value is -1.16. The summed E-state index contributed by atoms with van der Waals surface area (Å²) in [5.41, 5.74) is 0.0140. The van der Waals surface area contributed by atoms with Gasteiger partial charge in [-0.1, -0.05) is 0 Å². The van der Waals surface area contributed by atoms with E-state index in [0.29, 0.717) is 12.5 Å². The van der Waals surface area contributed by atoms with Gasteiger partial charge in [0.15, 0.2) is 0 Å². The van der Waals surface area contributed by atoms with E-state index in [1.54, 1.807) is 0 Å². The fourth-order valence-electron chi connectivity index (χ4n) is 3.02. The van der Waals surface area contributed by atoms with Crippen molar-refractivity contribution in [2.24, 2.45) is 5.92 Å². The molecule has 2 amide bonds. The second-order valence-corrected chi connectivity index (χ2v) is 6.25. The molecule has 17 heavy (non-hydrogen) atoms. The molecule has 0 radical (unpaired) electrons. The van der Waals surface area contributed by atoms with Gasteiger partial charge >= 0.3 is 0 Å². The zero-order chi connectivity index (χ0) is 12.8. The third-order valence-corrected chi connectivity index (χ3v) is 3.74. The molecule has 0 aromatic carbocycles. The van der Waals surface area contributed by atoms with Gasteiger partial charge in [-0.05, 0) is 40.0 Å². The van der Waals surface area contributed by atoms with E-state index >= 15 is 0 Å². The van der Waals surface area contributed by atoms with Gasteiger partial charge in [-0.2, -0.15) is 0 Å². The van der Waals surface area contributed by atoms with E-state index in [2.05, 4.69) is 33.0 Å². The van der Waals surface area contributed by atoms with Crippen molar-refractivity contribution in [1.82, 2.24) is 10.2 Å². The number of carbonyl (C=O) groups excluding carboxylic acids is 2. The van der Waals surface area contributed by atoms with Crippen LogP contribution in [0.25, 0.3) is 0 Å². The van der Waals surface area contributed by atoms with Gasteiger partial charge in [0.2, 0.25) is 0 Å². The van der Waals surface area contributed by atoms with Gasteiger partial charge in [-0.15, -0.1) is 0 Å². The van der Waals surface area contributed by atoms with Gasteiger partial charge in [0.05, 0.1) is 0 Å². The number of rotatable bonds is 2. The van der Waals surface area contributed by atoms with Crippen LogP contribution in [0.15, 0.2) is 12.2 Å². The fraction of sp³-hybridized carbons (Fsp3) is 0.692. The first kappa shape index (κ1) is 12.3. The number of carbonyl (C=O) groups is 2. The van der Waals surface area contributed by atoms with Gasteiger partial charge < -0.3 is 5.32 Å². The van der Waals surface area contributed by atoms with Crippen molar-refractivity contribution in [3.63, 3.8) is 0 Å². The van der Waals surface area contributed by atoms with E-state index in [1.165, 1.54) is 17.1 Å². The highest BCUT2D eigenvalue weighted by atomic mass is 16.2. The fourth-order valence-corrected chi connectivity index (χ4v) is 3.02. The summed E-state index contributed by atoms with van der Waals surface area (Å²) in [4.78, 5) is 24.4. The Morgan fingerprint density at radius 3 is 2.18 bits per heavy atom. The van der Waals surface area contributed by atoms with Crippen molar-refractivity contribution >= 4 is 11.8 Å². The first-order chi connectivity index (χ1) is 7.71. The summed E-state index contributed by atoms with van der Waals surface area (Å²) in [5, 5.41) is 3.55. The first-order valence-corrected chi connectivity index (χ1v) is 6.04. The second kappa shape index (κ2) is 3.67. The summed E-state index contributed by atoms with van der Waals surface area (Å²) in [5.74, 6) is -0.0729. The molecule has 4 heteroatoms. The summed E-state index contributed by atoms with van der Waals surface area (Å²) >= 11 is 0. The second-order valence-electron chi connectivity index (χ2n) is 6.25. The molecule has 0 aromatic rings. The average Bonchev–Trinajstić information content (AvgIpc) is 2.55. The quantitative estimate of drug-likeness (QED) is 0.730. The Balaban J connectivity index is 2.10. The summed E-state index contributed by atoms with van der Waals surface area (Å²) in [6.07, 6.45) is 3.67. The lowest BCUT2D eigenvalue weighted by Gasteiger charge is -2.30.